The van der Waals surface area contributed by atoms with E-state index in [1.54, 1.807) is 0 Å². The molecule has 0 aromatic carbocycles. The molecule has 3 N–H and O–H groups in total. The van der Waals surface area contributed by atoms with Gasteiger partial charge >= 0.3 is 6.03 Å². The first kappa shape index (κ1) is 12.4. The first-order chi connectivity index (χ1) is 7.04. The SMILES string of the molecule is CC[C@@H]1S[C@H](C)C/C(=N/NC(N)=O)[C@H]1C. The summed E-state index contributed by atoms with van der Waals surface area (Å²) in [5, 5.41) is 5.26. The van der Waals surface area contributed by atoms with Crippen LogP contribution in [0.1, 0.15) is 33.6 Å². The quantitative estimate of drug-likeness (QED) is 0.711. The monoisotopic (exact) mass is 229 g/mol. The van der Waals surface area contributed by atoms with Gasteiger partial charge in [0.1, 0.15) is 0 Å². The van der Waals surface area contributed by atoms with Crippen LogP contribution in [-0.4, -0.2) is 22.2 Å². The van der Waals surface area contributed by atoms with Crippen LogP contribution in [0.15, 0.2) is 5.10 Å². The summed E-state index contributed by atoms with van der Waals surface area (Å²) in [4.78, 5) is 10.6. The topological polar surface area (TPSA) is 67.5 Å². The molecule has 4 nitrogen and oxygen atoms in total. The number of primary amides is 1. The van der Waals surface area contributed by atoms with Gasteiger partial charge in [-0.05, 0) is 12.8 Å². The standard InChI is InChI=1S/C10H19N3OS/c1-4-9-7(3)8(5-6(2)15-9)12-13-10(11)14/h6-7,9H,4-5H2,1-3H3,(H3,11,13,14)/b12-8-/t6-,7-,9+/m1/s1. The lowest BCUT2D eigenvalue weighted by molar-refractivity contribution is 0.249. The largest absolute Gasteiger partial charge is 0.350 e. The molecule has 0 radical (unpaired) electrons. The first-order valence-electron chi connectivity index (χ1n) is 5.32. The Morgan fingerprint density at radius 3 is 2.87 bits per heavy atom. The summed E-state index contributed by atoms with van der Waals surface area (Å²) in [7, 11) is 0. The van der Waals surface area contributed by atoms with Gasteiger partial charge in [0.05, 0.1) is 0 Å². The third-order valence-electron chi connectivity index (χ3n) is 2.70. The fourth-order valence-electron chi connectivity index (χ4n) is 1.88. The number of carbonyl (C=O) groups excluding carboxylic acids is 1. The number of thioether (sulfide) groups is 1. The van der Waals surface area contributed by atoms with Crippen molar-refractivity contribution in [1.82, 2.24) is 5.43 Å². The lowest BCUT2D eigenvalue weighted by Crippen LogP contribution is -2.35. The van der Waals surface area contributed by atoms with E-state index >= 15 is 0 Å². The molecule has 1 aliphatic rings. The van der Waals surface area contributed by atoms with Crippen molar-refractivity contribution in [2.24, 2.45) is 16.8 Å². The van der Waals surface area contributed by atoms with E-state index < -0.39 is 6.03 Å². The van der Waals surface area contributed by atoms with Crippen molar-refractivity contribution in [3.63, 3.8) is 0 Å². The zero-order chi connectivity index (χ0) is 11.4. The van der Waals surface area contributed by atoms with Gasteiger partial charge in [0.25, 0.3) is 0 Å². The Balaban J connectivity index is 2.69. The normalized spacial score (nSPS) is 34.1. The summed E-state index contributed by atoms with van der Waals surface area (Å²) in [6.07, 6.45) is 2.06. The molecule has 1 saturated heterocycles. The molecule has 5 heteroatoms. The van der Waals surface area contributed by atoms with E-state index in [0.29, 0.717) is 16.4 Å². The number of hydrazone groups is 1. The van der Waals surface area contributed by atoms with E-state index in [1.807, 2.05) is 11.8 Å². The molecular formula is C10H19N3OS. The summed E-state index contributed by atoms with van der Waals surface area (Å²) in [5.74, 6) is 0.419. The van der Waals surface area contributed by atoms with Crippen LogP contribution >= 0.6 is 11.8 Å². The Morgan fingerprint density at radius 1 is 1.67 bits per heavy atom. The molecule has 0 saturated carbocycles. The van der Waals surface area contributed by atoms with Crippen molar-refractivity contribution < 1.29 is 4.79 Å². The van der Waals surface area contributed by atoms with Crippen LogP contribution in [0.2, 0.25) is 0 Å². The van der Waals surface area contributed by atoms with Gasteiger partial charge < -0.3 is 5.73 Å². The first-order valence-corrected chi connectivity index (χ1v) is 6.26. The molecule has 86 valence electrons. The molecule has 1 aliphatic heterocycles. The minimum Gasteiger partial charge on any atom is -0.350 e. The molecule has 1 heterocycles. The smallest absolute Gasteiger partial charge is 0.332 e. The van der Waals surface area contributed by atoms with Crippen LogP contribution < -0.4 is 11.2 Å². The van der Waals surface area contributed by atoms with E-state index in [2.05, 4.69) is 31.3 Å². The molecule has 0 spiro atoms. The molecular weight excluding hydrogens is 210 g/mol. The van der Waals surface area contributed by atoms with Crippen molar-refractivity contribution >= 4 is 23.5 Å². The number of hydrogen-bond acceptors (Lipinski definition) is 3. The van der Waals surface area contributed by atoms with Gasteiger partial charge in [0, 0.05) is 22.1 Å². The number of nitrogens with one attached hydrogen (secondary N) is 1. The number of hydrogen-bond donors (Lipinski definition) is 2. The van der Waals surface area contributed by atoms with Gasteiger partial charge in [0.2, 0.25) is 0 Å². The number of rotatable bonds is 2. The third kappa shape index (κ3) is 3.41. The molecule has 1 rings (SSSR count). The average molecular weight is 229 g/mol. The van der Waals surface area contributed by atoms with Crippen molar-refractivity contribution in [2.75, 3.05) is 0 Å². The third-order valence-corrected chi connectivity index (χ3v) is 4.42. The van der Waals surface area contributed by atoms with Gasteiger partial charge in [-0.2, -0.15) is 16.9 Å². The van der Waals surface area contributed by atoms with Crippen LogP contribution in [0.5, 0.6) is 0 Å². The lowest BCUT2D eigenvalue weighted by Gasteiger charge is -2.32. The molecule has 15 heavy (non-hydrogen) atoms. The van der Waals surface area contributed by atoms with Gasteiger partial charge in [-0.15, -0.1) is 0 Å². The summed E-state index contributed by atoms with van der Waals surface area (Å²) < 4.78 is 0. The average Bonchev–Trinajstić information content (AvgIpc) is 2.18. The number of amides is 2. The second-order valence-corrected chi connectivity index (χ2v) is 5.65. The van der Waals surface area contributed by atoms with Gasteiger partial charge in [0.15, 0.2) is 0 Å². The van der Waals surface area contributed by atoms with E-state index in [1.165, 1.54) is 0 Å². The van der Waals surface area contributed by atoms with Crippen molar-refractivity contribution in [1.29, 1.82) is 0 Å². The molecule has 1 fully saturated rings. The summed E-state index contributed by atoms with van der Waals surface area (Å²) in [6, 6.07) is -0.589. The maximum absolute atomic E-state index is 10.6. The highest BCUT2D eigenvalue weighted by atomic mass is 32.2. The predicted octanol–water partition coefficient (Wildman–Crippen LogP) is 1.95. The van der Waals surface area contributed by atoms with E-state index in [9.17, 15) is 4.79 Å². The van der Waals surface area contributed by atoms with Gasteiger partial charge in [-0.25, -0.2) is 10.2 Å². The highest BCUT2D eigenvalue weighted by Gasteiger charge is 2.29. The predicted molar refractivity (Wildman–Crippen MR) is 65.1 cm³/mol. The molecule has 3 atom stereocenters. The minimum atomic E-state index is -0.589. The van der Waals surface area contributed by atoms with Crippen LogP contribution in [0, 0.1) is 5.92 Å². The fraction of sp³-hybridized carbons (Fsp3) is 0.800. The number of urea groups is 1. The zero-order valence-electron chi connectivity index (χ0n) is 9.49. The summed E-state index contributed by atoms with van der Waals surface area (Å²) in [6.45, 7) is 6.54. The lowest BCUT2D eigenvalue weighted by atomic mass is 9.95. The Morgan fingerprint density at radius 2 is 2.33 bits per heavy atom. The Hall–Kier alpha value is -0.710. The second kappa shape index (κ2) is 5.39. The number of nitrogens with two attached hydrogens (primary N) is 1. The minimum absolute atomic E-state index is 0.419. The zero-order valence-corrected chi connectivity index (χ0v) is 10.3. The van der Waals surface area contributed by atoms with Crippen LogP contribution in [0.25, 0.3) is 0 Å². The van der Waals surface area contributed by atoms with E-state index in [0.717, 1.165) is 18.6 Å². The number of carbonyl (C=O) groups is 1. The molecule has 0 unspecified atom stereocenters. The van der Waals surface area contributed by atoms with E-state index in [4.69, 9.17) is 5.73 Å². The molecule has 0 aromatic heterocycles. The van der Waals surface area contributed by atoms with Crippen molar-refractivity contribution in [2.45, 2.75) is 44.1 Å². The Bertz CT molecular complexity index is 267. The molecule has 0 bridgehead atoms. The van der Waals surface area contributed by atoms with Gasteiger partial charge in [-0.1, -0.05) is 20.8 Å². The second-order valence-electron chi connectivity index (χ2n) is 3.97. The highest BCUT2D eigenvalue weighted by molar-refractivity contribution is 8.00. The van der Waals surface area contributed by atoms with Crippen molar-refractivity contribution in [3.8, 4) is 0 Å². The van der Waals surface area contributed by atoms with Crippen molar-refractivity contribution in [3.05, 3.63) is 0 Å². The summed E-state index contributed by atoms with van der Waals surface area (Å²) in [5.41, 5.74) is 8.38. The molecule has 0 aromatic rings. The fourth-order valence-corrected chi connectivity index (χ4v) is 3.33. The Kier molecular flexibility index (Phi) is 4.45. The maximum atomic E-state index is 10.6. The van der Waals surface area contributed by atoms with E-state index in [-0.39, 0.29) is 0 Å². The number of nitrogens with zero attached hydrogens (tertiary/aromatic N) is 1. The molecule has 0 aliphatic carbocycles. The summed E-state index contributed by atoms with van der Waals surface area (Å²) >= 11 is 2.01. The Labute approximate surface area is 95.1 Å². The maximum Gasteiger partial charge on any atom is 0.332 e. The molecule has 2 amide bonds. The van der Waals surface area contributed by atoms with Crippen LogP contribution in [0.3, 0.4) is 0 Å². The van der Waals surface area contributed by atoms with Crippen LogP contribution in [-0.2, 0) is 0 Å². The highest BCUT2D eigenvalue weighted by Crippen LogP contribution is 2.35. The van der Waals surface area contributed by atoms with Gasteiger partial charge in [-0.3, -0.25) is 0 Å². The van der Waals surface area contributed by atoms with Crippen LogP contribution in [0.4, 0.5) is 4.79 Å².